The Morgan fingerprint density at radius 1 is 0.630 bits per heavy atom. The molecule has 2 aliphatic heterocycles. The molecule has 0 saturated heterocycles. The van der Waals surface area contributed by atoms with E-state index >= 15 is 0 Å². The summed E-state index contributed by atoms with van der Waals surface area (Å²) in [6.45, 7) is 0. The van der Waals surface area contributed by atoms with Crippen molar-refractivity contribution in [2.75, 3.05) is 0 Å². The second-order valence-electron chi connectivity index (χ2n) is 8.01. The van der Waals surface area contributed by atoms with Crippen molar-refractivity contribution in [3.05, 3.63) is 82.9 Å². The summed E-state index contributed by atoms with van der Waals surface area (Å²) in [6.07, 6.45) is 10.3. The van der Waals surface area contributed by atoms with Crippen molar-refractivity contribution in [2.45, 2.75) is 31.4 Å². The van der Waals surface area contributed by atoms with Gasteiger partial charge in [-0.3, -0.25) is 0 Å². The Morgan fingerprint density at radius 3 is 1.48 bits per heavy atom. The quantitative estimate of drug-likeness (QED) is 0.493. The van der Waals surface area contributed by atoms with Crippen LogP contribution in [0.25, 0.3) is 12.2 Å². The predicted molar refractivity (Wildman–Crippen MR) is 107 cm³/mol. The Morgan fingerprint density at radius 2 is 1.04 bits per heavy atom. The van der Waals surface area contributed by atoms with Crippen LogP contribution in [-0.2, 0) is 17.5 Å². The van der Waals surface area contributed by atoms with Gasteiger partial charge in [-0.15, -0.1) is 0 Å². The van der Waals surface area contributed by atoms with E-state index in [2.05, 4.69) is 72.8 Å². The molecule has 0 amide bonds. The normalized spacial score (nSPS) is 22.8. The molecule has 0 nitrogen and oxygen atoms in total. The molecule has 2 aromatic rings. The third-order valence-corrected chi connectivity index (χ3v) is 65.8. The summed E-state index contributed by atoms with van der Waals surface area (Å²) in [5.74, 6) is 0. The Labute approximate surface area is 178 Å². The molecule has 136 valence electrons. The summed E-state index contributed by atoms with van der Waals surface area (Å²) in [4.78, 5) is 0. The van der Waals surface area contributed by atoms with Crippen LogP contribution in [0.1, 0.15) is 29.5 Å². The fraction of sp³-hybridized carbons (Fsp3) is 0.273. The molecule has 2 heterocycles. The van der Waals surface area contributed by atoms with E-state index in [1.54, 1.807) is 35.3 Å². The molecule has 27 heavy (non-hydrogen) atoms. The van der Waals surface area contributed by atoms with Crippen LogP contribution < -0.4 is 24.8 Å². The monoisotopic (exact) mass is 502 g/mol. The molecular weight excluding hydrogens is 483 g/mol. The van der Waals surface area contributed by atoms with Crippen LogP contribution in [0.15, 0.2) is 60.7 Å². The average Bonchev–Trinajstić information content (AvgIpc) is 3.42. The van der Waals surface area contributed by atoms with Gasteiger partial charge in [0, 0.05) is 0 Å². The van der Waals surface area contributed by atoms with Crippen molar-refractivity contribution in [1.29, 1.82) is 0 Å². The van der Waals surface area contributed by atoms with Gasteiger partial charge in [-0.05, 0) is 0 Å². The second-order valence-corrected chi connectivity index (χ2v) is 42.9. The maximum absolute atomic E-state index is 2.70. The molecule has 0 spiro atoms. The van der Waals surface area contributed by atoms with Crippen molar-refractivity contribution in [3.8, 4) is 0 Å². The molecule has 2 aliphatic carbocycles. The van der Waals surface area contributed by atoms with E-state index in [9.17, 15) is 0 Å². The minimum absolute atomic E-state index is 0. The van der Waals surface area contributed by atoms with Gasteiger partial charge in [0.15, 0.2) is 0 Å². The van der Waals surface area contributed by atoms with Gasteiger partial charge in [-0.25, -0.2) is 0 Å². The van der Waals surface area contributed by atoms with Gasteiger partial charge in [-0.2, -0.15) is 0 Å². The van der Waals surface area contributed by atoms with E-state index in [-0.39, 0.29) is 35.7 Å². The minimum atomic E-state index is -2.32. The Balaban J connectivity index is 0.000000900. The summed E-state index contributed by atoms with van der Waals surface area (Å²) < 4.78 is 1.78. The number of hydrogen-bond acceptors (Lipinski definition) is 0. The van der Waals surface area contributed by atoms with Crippen LogP contribution in [0.3, 0.4) is 0 Å². The van der Waals surface area contributed by atoms with Crippen LogP contribution in [-0.4, -0.2) is 10.9 Å². The zero-order chi connectivity index (χ0) is 16.4. The van der Waals surface area contributed by atoms with Gasteiger partial charge in [0.05, 0.1) is 0 Å². The smallest absolute Gasteiger partial charge is 1.00 e. The van der Waals surface area contributed by atoms with E-state index in [0.29, 0.717) is 0 Å². The number of allylic oxidation sites excluding steroid dienone is 2. The molecule has 4 aliphatic rings. The number of benzene rings is 2. The zero-order valence-corrected chi connectivity index (χ0v) is 21.1. The van der Waals surface area contributed by atoms with Crippen LogP contribution in [0, 0.1) is 0 Å². The largest absolute Gasteiger partial charge is 1.00 e. The first-order valence-electron chi connectivity index (χ1n) is 9.63. The van der Waals surface area contributed by atoms with Gasteiger partial charge >= 0.3 is 155 Å². The summed E-state index contributed by atoms with van der Waals surface area (Å²) in [5, 5.41) is 0. The van der Waals surface area contributed by atoms with Crippen LogP contribution in [0.2, 0.25) is 24.2 Å². The molecule has 2 bridgehead atoms. The van der Waals surface area contributed by atoms with Crippen molar-refractivity contribution < 1.29 is 42.3 Å². The van der Waals surface area contributed by atoms with E-state index in [1.807, 2.05) is 0 Å². The van der Waals surface area contributed by atoms with E-state index in [4.69, 9.17) is 0 Å². The fourth-order valence-electron chi connectivity index (χ4n) is 6.30. The fourth-order valence-corrected chi connectivity index (χ4v) is 85.8. The molecule has 0 fully saturated rings. The molecular formula is C22H22Cl2Si2Zr. The van der Waals surface area contributed by atoms with Crippen LogP contribution >= 0.6 is 0 Å². The number of halogens is 2. The summed E-state index contributed by atoms with van der Waals surface area (Å²) in [7, 11) is 0. The molecule has 2 aromatic carbocycles. The first-order valence-corrected chi connectivity index (χ1v) is 23.7. The Kier molecular flexibility index (Phi) is 5.64. The maximum Gasteiger partial charge on any atom is -1.00 e. The molecule has 5 heteroatoms. The summed E-state index contributed by atoms with van der Waals surface area (Å²) >= 11 is -2.32. The predicted octanol–water partition coefficient (Wildman–Crippen LogP) is -0.305. The average molecular weight is 505 g/mol. The van der Waals surface area contributed by atoms with Crippen molar-refractivity contribution in [1.82, 2.24) is 0 Å². The molecule has 0 radical (unpaired) electrons. The molecule has 6 rings (SSSR count). The maximum atomic E-state index is 2.70. The third-order valence-electron chi connectivity index (χ3n) is 7.21. The number of hydrogen-bond donors (Lipinski definition) is 0. The SMILES string of the molecule is C1=C[CH]([Zr+2]2([CH]3C=Cc4ccccc43)=[Si]3CC[Si]=2CC3)c2ccccc21.[Cl-].[Cl-]. The molecule has 0 N–H and O–H groups in total. The molecule has 0 saturated carbocycles. The van der Waals surface area contributed by atoms with E-state index in [0.717, 1.165) is 7.25 Å². The molecule has 2 atom stereocenters. The standard InChI is InChI=1S/2C9H7.C4H8Si2.2ClH.Zr/c2*1-2-5-9-7-3-6-8(9)4-1;1-2-6-4-3-5-1;;;/h2*1-7H;1-4H2;2*1H;/q;;;;;+2/p-2. The Bertz CT molecular complexity index is 1000. The molecule has 0 aromatic heterocycles. The minimum Gasteiger partial charge on any atom is -1.00 e. The first-order chi connectivity index (χ1) is 12.4. The van der Waals surface area contributed by atoms with Crippen LogP contribution in [0.5, 0.6) is 0 Å². The molecule has 2 unspecified atom stereocenters. The van der Waals surface area contributed by atoms with Gasteiger partial charge < -0.3 is 24.8 Å². The zero-order valence-electron chi connectivity index (χ0n) is 15.2. The summed E-state index contributed by atoms with van der Waals surface area (Å²) in [6, 6.07) is 25.4. The summed E-state index contributed by atoms with van der Waals surface area (Å²) in [5.41, 5.74) is 6.39. The van der Waals surface area contributed by atoms with Crippen molar-refractivity contribution >= 4 is 23.0 Å². The van der Waals surface area contributed by atoms with Crippen LogP contribution in [0.4, 0.5) is 0 Å². The van der Waals surface area contributed by atoms with E-state index in [1.165, 1.54) is 11.1 Å². The number of rotatable bonds is 2. The van der Waals surface area contributed by atoms with Gasteiger partial charge in [0.1, 0.15) is 0 Å². The second kappa shape index (κ2) is 7.57. The van der Waals surface area contributed by atoms with Crippen molar-refractivity contribution in [3.63, 3.8) is 0 Å². The topological polar surface area (TPSA) is 0 Å². The number of fused-ring (bicyclic) bond motifs is 2. The first kappa shape index (κ1) is 20.1. The van der Waals surface area contributed by atoms with Gasteiger partial charge in [0.25, 0.3) is 0 Å². The van der Waals surface area contributed by atoms with Crippen molar-refractivity contribution in [2.24, 2.45) is 0 Å². The van der Waals surface area contributed by atoms with E-state index < -0.39 is 17.5 Å². The van der Waals surface area contributed by atoms with Gasteiger partial charge in [0.2, 0.25) is 0 Å². The third kappa shape index (κ3) is 2.69. The Hall–Kier alpha value is -0.183. The van der Waals surface area contributed by atoms with Gasteiger partial charge in [-0.1, -0.05) is 0 Å².